The second kappa shape index (κ2) is 5.85. The Morgan fingerprint density at radius 3 is 2.55 bits per heavy atom. The molecule has 1 aromatic heterocycles. The van der Waals surface area contributed by atoms with Crippen LogP contribution in [0.25, 0.3) is 10.8 Å². The number of aromatic nitrogens is 1. The fourth-order valence-electron chi connectivity index (χ4n) is 2.71. The minimum atomic E-state index is 0.271. The summed E-state index contributed by atoms with van der Waals surface area (Å²) in [6.45, 7) is 0.880. The number of hydrogen-bond donors (Lipinski definition) is 1. The SMILES string of the molecule is CNCC(c1ccccn1)c1cccc2ccccc12. The van der Waals surface area contributed by atoms with Crippen LogP contribution in [0.1, 0.15) is 17.2 Å². The molecule has 0 saturated heterocycles. The predicted octanol–water partition coefficient (Wildman–Crippen LogP) is 3.59. The van der Waals surface area contributed by atoms with Gasteiger partial charge >= 0.3 is 0 Å². The van der Waals surface area contributed by atoms with E-state index < -0.39 is 0 Å². The summed E-state index contributed by atoms with van der Waals surface area (Å²) < 4.78 is 0. The summed E-state index contributed by atoms with van der Waals surface area (Å²) in [6.07, 6.45) is 1.86. The van der Waals surface area contributed by atoms with Gasteiger partial charge in [0.25, 0.3) is 0 Å². The van der Waals surface area contributed by atoms with Crippen LogP contribution in [0, 0.1) is 0 Å². The number of rotatable bonds is 4. The highest BCUT2D eigenvalue weighted by Gasteiger charge is 2.16. The van der Waals surface area contributed by atoms with Crippen LogP contribution in [0.15, 0.2) is 66.9 Å². The van der Waals surface area contributed by atoms with Gasteiger partial charge in [0.2, 0.25) is 0 Å². The van der Waals surface area contributed by atoms with E-state index in [0.717, 1.165) is 12.2 Å². The average molecular weight is 262 g/mol. The van der Waals surface area contributed by atoms with Crippen LogP contribution in [0.3, 0.4) is 0 Å². The maximum atomic E-state index is 4.54. The largest absolute Gasteiger partial charge is 0.319 e. The number of nitrogens with one attached hydrogen (secondary N) is 1. The van der Waals surface area contributed by atoms with Crippen molar-refractivity contribution in [2.24, 2.45) is 0 Å². The van der Waals surface area contributed by atoms with Gasteiger partial charge in [-0.2, -0.15) is 0 Å². The maximum absolute atomic E-state index is 4.54. The standard InChI is InChI=1S/C18H18N2/c1-19-13-17(18-11-4-5-12-20-18)16-10-6-8-14-7-2-3-9-15(14)16/h2-12,17,19H,13H2,1H3. The number of benzene rings is 2. The van der Waals surface area contributed by atoms with Crippen LogP contribution in [-0.4, -0.2) is 18.6 Å². The third kappa shape index (κ3) is 2.43. The van der Waals surface area contributed by atoms with Gasteiger partial charge in [0, 0.05) is 24.4 Å². The highest BCUT2D eigenvalue weighted by atomic mass is 14.8. The lowest BCUT2D eigenvalue weighted by Crippen LogP contribution is -2.19. The van der Waals surface area contributed by atoms with Crippen molar-refractivity contribution >= 4 is 10.8 Å². The normalized spacial score (nSPS) is 12.4. The molecule has 0 saturated carbocycles. The smallest absolute Gasteiger partial charge is 0.0491 e. The first-order valence-corrected chi connectivity index (χ1v) is 6.93. The Balaban J connectivity index is 2.15. The molecule has 0 bridgehead atoms. The Labute approximate surface area is 119 Å². The van der Waals surface area contributed by atoms with E-state index in [-0.39, 0.29) is 5.92 Å². The second-order valence-electron chi connectivity index (χ2n) is 4.93. The van der Waals surface area contributed by atoms with Crippen LogP contribution < -0.4 is 5.32 Å². The highest BCUT2D eigenvalue weighted by Crippen LogP contribution is 2.29. The van der Waals surface area contributed by atoms with E-state index in [1.54, 1.807) is 0 Å². The first-order chi connectivity index (χ1) is 9.90. The van der Waals surface area contributed by atoms with E-state index in [1.807, 2.05) is 19.3 Å². The van der Waals surface area contributed by atoms with Crippen molar-refractivity contribution in [1.29, 1.82) is 0 Å². The molecule has 0 spiro atoms. The molecule has 1 atom stereocenters. The summed E-state index contributed by atoms with van der Waals surface area (Å²) in [5, 5.41) is 5.88. The highest BCUT2D eigenvalue weighted by molar-refractivity contribution is 5.86. The zero-order valence-corrected chi connectivity index (χ0v) is 11.6. The molecule has 0 aliphatic carbocycles. The van der Waals surface area contributed by atoms with Gasteiger partial charge in [-0.3, -0.25) is 4.98 Å². The van der Waals surface area contributed by atoms with Gasteiger partial charge in [0.05, 0.1) is 0 Å². The molecule has 100 valence electrons. The fraction of sp³-hybridized carbons (Fsp3) is 0.167. The van der Waals surface area contributed by atoms with Gasteiger partial charge in [-0.25, -0.2) is 0 Å². The van der Waals surface area contributed by atoms with Crippen molar-refractivity contribution in [3.8, 4) is 0 Å². The third-order valence-corrected chi connectivity index (χ3v) is 3.65. The summed E-state index contributed by atoms with van der Waals surface area (Å²) >= 11 is 0. The van der Waals surface area contributed by atoms with E-state index in [9.17, 15) is 0 Å². The summed E-state index contributed by atoms with van der Waals surface area (Å²) in [4.78, 5) is 4.54. The Bertz CT molecular complexity index is 687. The molecule has 2 nitrogen and oxygen atoms in total. The molecular weight excluding hydrogens is 244 g/mol. The number of likely N-dealkylation sites (N-methyl/N-ethyl adjacent to an activating group) is 1. The van der Waals surface area contributed by atoms with E-state index >= 15 is 0 Å². The quantitative estimate of drug-likeness (QED) is 0.777. The predicted molar refractivity (Wildman–Crippen MR) is 84.0 cm³/mol. The summed E-state index contributed by atoms with van der Waals surface area (Å²) in [7, 11) is 1.99. The molecule has 0 fully saturated rings. The van der Waals surface area contributed by atoms with Gasteiger partial charge < -0.3 is 5.32 Å². The fourth-order valence-corrected chi connectivity index (χ4v) is 2.71. The molecule has 0 radical (unpaired) electrons. The van der Waals surface area contributed by atoms with E-state index in [2.05, 4.69) is 64.9 Å². The van der Waals surface area contributed by atoms with Crippen LogP contribution >= 0.6 is 0 Å². The number of fused-ring (bicyclic) bond motifs is 1. The maximum Gasteiger partial charge on any atom is 0.0491 e. The minimum Gasteiger partial charge on any atom is -0.319 e. The first kappa shape index (κ1) is 12.8. The molecule has 2 aromatic carbocycles. The number of nitrogens with zero attached hydrogens (tertiary/aromatic N) is 1. The molecule has 3 rings (SSSR count). The third-order valence-electron chi connectivity index (χ3n) is 3.65. The topological polar surface area (TPSA) is 24.9 Å². The molecule has 2 heteroatoms. The van der Waals surface area contributed by atoms with E-state index in [4.69, 9.17) is 0 Å². The lowest BCUT2D eigenvalue weighted by molar-refractivity contribution is 0.695. The molecule has 1 unspecified atom stereocenters. The van der Waals surface area contributed by atoms with Crippen molar-refractivity contribution in [3.05, 3.63) is 78.1 Å². The first-order valence-electron chi connectivity index (χ1n) is 6.93. The van der Waals surface area contributed by atoms with Crippen molar-refractivity contribution < 1.29 is 0 Å². The van der Waals surface area contributed by atoms with Gasteiger partial charge in [-0.15, -0.1) is 0 Å². The lowest BCUT2D eigenvalue weighted by Gasteiger charge is -2.18. The molecule has 1 heterocycles. The van der Waals surface area contributed by atoms with E-state index in [1.165, 1.54) is 16.3 Å². The molecule has 3 aromatic rings. The van der Waals surface area contributed by atoms with Crippen molar-refractivity contribution in [3.63, 3.8) is 0 Å². The Morgan fingerprint density at radius 2 is 1.75 bits per heavy atom. The van der Waals surface area contributed by atoms with Crippen molar-refractivity contribution in [1.82, 2.24) is 10.3 Å². The summed E-state index contributed by atoms with van der Waals surface area (Å²) in [6, 6.07) is 21.1. The lowest BCUT2D eigenvalue weighted by atomic mass is 9.90. The zero-order valence-electron chi connectivity index (χ0n) is 11.6. The average Bonchev–Trinajstić information content (AvgIpc) is 2.53. The molecule has 0 aliphatic heterocycles. The Hall–Kier alpha value is -2.19. The zero-order chi connectivity index (χ0) is 13.8. The van der Waals surface area contributed by atoms with Gasteiger partial charge in [0.15, 0.2) is 0 Å². The van der Waals surface area contributed by atoms with Crippen LogP contribution in [0.5, 0.6) is 0 Å². The summed E-state index contributed by atoms with van der Waals surface area (Å²) in [5.41, 5.74) is 2.44. The Kier molecular flexibility index (Phi) is 3.75. The minimum absolute atomic E-state index is 0.271. The van der Waals surface area contributed by atoms with Gasteiger partial charge in [-0.05, 0) is 35.5 Å². The van der Waals surface area contributed by atoms with Crippen LogP contribution in [0.4, 0.5) is 0 Å². The van der Waals surface area contributed by atoms with Crippen molar-refractivity contribution in [2.45, 2.75) is 5.92 Å². The van der Waals surface area contributed by atoms with Gasteiger partial charge in [0.1, 0.15) is 0 Å². The van der Waals surface area contributed by atoms with Gasteiger partial charge in [-0.1, -0.05) is 48.5 Å². The monoisotopic (exact) mass is 262 g/mol. The Morgan fingerprint density at radius 1 is 0.950 bits per heavy atom. The van der Waals surface area contributed by atoms with E-state index in [0.29, 0.717) is 0 Å². The van der Waals surface area contributed by atoms with Crippen LogP contribution in [0.2, 0.25) is 0 Å². The molecule has 1 N–H and O–H groups in total. The molecular formula is C18H18N2. The number of pyridine rings is 1. The van der Waals surface area contributed by atoms with Crippen LogP contribution in [-0.2, 0) is 0 Å². The van der Waals surface area contributed by atoms with Crippen molar-refractivity contribution in [2.75, 3.05) is 13.6 Å². The molecule has 0 aliphatic rings. The second-order valence-corrected chi connectivity index (χ2v) is 4.93. The molecule has 0 amide bonds. The number of hydrogen-bond acceptors (Lipinski definition) is 2. The summed E-state index contributed by atoms with van der Waals surface area (Å²) in [5.74, 6) is 0.271. The molecule has 20 heavy (non-hydrogen) atoms.